The molecule has 8 heteroatoms. The van der Waals surface area contributed by atoms with Gasteiger partial charge >= 0.3 is 0 Å². The zero-order valence-electron chi connectivity index (χ0n) is 7.55. The molecule has 82 valence electrons. The lowest BCUT2D eigenvalue weighted by molar-refractivity contribution is -0.384. The minimum absolute atomic E-state index is 0.128. The van der Waals surface area contributed by atoms with Crippen molar-refractivity contribution in [3.8, 4) is 11.5 Å². The largest absolute Gasteiger partial charge is 0.333 e. The van der Waals surface area contributed by atoms with Crippen LogP contribution in [0.4, 0.5) is 5.69 Å². The van der Waals surface area contributed by atoms with Crippen molar-refractivity contribution in [2.24, 2.45) is 0 Å². The third-order valence-electron chi connectivity index (χ3n) is 1.74. The summed E-state index contributed by atoms with van der Waals surface area (Å²) in [5, 5.41) is 14.4. The first-order valence-corrected chi connectivity index (χ1v) is 5.18. The standard InChI is InChI=1S/C8H3BrClN3O3/c9-8-11-7(16-12-8)4-1-5(10)3-6(2-4)13(14)15/h1-3H. The quantitative estimate of drug-likeness (QED) is 0.629. The van der Waals surface area contributed by atoms with Crippen molar-refractivity contribution >= 4 is 33.2 Å². The third kappa shape index (κ3) is 2.20. The number of nitro groups is 1. The number of benzene rings is 1. The fourth-order valence-corrected chi connectivity index (χ4v) is 1.59. The van der Waals surface area contributed by atoms with E-state index >= 15 is 0 Å². The maximum absolute atomic E-state index is 10.6. The topological polar surface area (TPSA) is 82.1 Å². The van der Waals surface area contributed by atoms with E-state index in [1.807, 2.05) is 0 Å². The van der Waals surface area contributed by atoms with Crippen LogP contribution in [0.1, 0.15) is 0 Å². The number of aromatic nitrogens is 2. The van der Waals surface area contributed by atoms with Crippen LogP contribution < -0.4 is 0 Å². The minimum atomic E-state index is -0.541. The second-order valence-corrected chi connectivity index (χ2v) is 3.97. The lowest BCUT2D eigenvalue weighted by atomic mass is 10.2. The third-order valence-corrected chi connectivity index (χ3v) is 2.28. The molecule has 1 aromatic heterocycles. The summed E-state index contributed by atoms with van der Waals surface area (Å²) in [4.78, 5) is 14.0. The average Bonchev–Trinajstić information content (AvgIpc) is 2.64. The fraction of sp³-hybridized carbons (Fsp3) is 0. The second-order valence-electron chi connectivity index (χ2n) is 2.82. The molecule has 0 N–H and O–H groups in total. The van der Waals surface area contributed by atoms with Gasteiger partial charge in [-0.1, -0.05) is 11.6 Å². The molecule has 0 spiro atoms. The van der Waals surface area contributed by atoms with E-state index in [9.17, 15) is 10.1 Å². The summed E-state index contributed by atoms with van der Waals surface area (Å²) in [6.45, 7) is 0. The maximum Gasteiger partial charge on any atom is 0.271 e. The Morgan fingerprint density at radius 3 is 2.75 bits per heavy atom. The number of rotatable bonds is 2. The van der Waals surface area contributed by atoms with E-state index in [2.05, 4.69) is 26.1 Å². The van der Waals surface area contributed by atoms with Crippen LogP contribution in [-0.2, 0) is 0 Å². The molecule has 0 aliphatic carbocycles. The van der Waals surface area contributed by atoms with Gasteiger partial charge in [-0.25, -0.2) is 0 Å². The highest BCUT2D eigenvalue weighted by Gasteiger charge is 2.14. The fourth-order valence-electron chi connectivity index (χ4n) is 1.13. The van der Waals surface area contributed by atoms with Gasteiger partial charge in [-0.15, -0.1) is 0 Å². The van der Waals surface area contributed by atoms with Gasteiger partial charge in [0.25, 0.3) is 11.6 Å². The van der Waals surface area contributed by atoms with Gasteiger partial charge in [0.15, 0.2) is 0 Å². The predicted octanol–water partition coefficient (Wildman–Crippen LogP) is 3.06. The molecule has 0 fully saturated rings. The van der Waals surface area contributed by atoms with Crippen LogP contribution >= 0.6 is 27.5 Å². The lowest BCUT2D eigenvalue weighted by Gasteiger charge is -1.96. The normalized spacial score (nSPS) is 10.4. The molecule has 2 rings (SSSR count). The van der Waals surface area contributed by atoms with E-state index in [0.717, 1.165) is 0 Å². The highest BCUT2D eigenvalue weighted by Crippen LogP contribution is 2.27. The summed E-state index contributed by atoms with van der Waals surface area (Å²) in [6.07, 6.45) is 0. The number of nitro benzene ring substituents is 1. The Morgan fingerprint density at radius 2 is 2.19 bits per heavy atom. The van der Waals surface area contributed by atoms with Crippen LogP contribution in [0.3, 0.4) is 0 Å². The number of nitrogens with zero attached hydrogens (tertiary/aromatic N) is 3. The lowest BCUT2D eigenvalue weighted by Crippen LogP contribution is -1.89. The average molecular weight is 304 g/mol. The molecule has 0 unspecified atom stereocenters. The highest BCUT2D eigenvalue weighted by atomic mass is 79.9. The molecule has 16 heavy (non-hydrogen) atoms. The molecule has 2 aromatic rings. The first-order valence-electron chi connectivity index (χ1n) is 4.01. The van der Waals surface area contributed by atoms with Gasteiger partial charge < -0.3 is 4.52 Å². The van der Waals surface area contributed by atoms with Gasteiger partial charge in [0, 0.05) is 22.7 Å². The van der Waals surface area contributed by atoms with E-state index in [4.69, 9.17) is 16.1 Å². The Bertz CT molecular complexity index is 557. The summed E-state index contributed by atoms with van der Waals surface area (Å²) in [5.74, 6) is 0.164. The van der Waals surface area contributed by atoms with Crippen molar-refractivity contribution in [2.45, 2.75) is 0 Å². The van der Waals surface area contributed by atoms with Crippen LogP contribution in [0, 0.1) is 10.1 Å². The zero-order chi connectivity index (χ0) is 11.7. The first kappa shape index (κ1) is 11.0. The van der Waals surface area contributed by atoms with Crippen LogP contribution in [0.15, 0.2) is 27.5 Å². The van der Waals surface area contributed by atoms with Gasteiger partial charge in [0.05, 0.1) is 4.92 Å². The van der Waals surface area contributed by atoms with E-state index in [0.29, 0.717) is 5.56 Å². The number of hydrogen-bond donors (Lipinski definition) is 0. The summed E-state index contributed by atoms with van der Waals surface area (Å²) >= 11 is 8.76. The number of hydrogen-bond acceptors (Lipinski definition) is 5. The van der Waals surface area contributed by atoms with Crippen LogP contribution in [0.2, 0.25) is 5.02 Å². The second kappa shape index (κ2) is 4.18. The molecule has 0 saturated carbocycles. The monoisotopic (exact) mass is 303 g/mol. The Hall–Kier alpha value is -1.47. The summed E-state index contributed by atoms with van der Waals surface area (Å²) in [5.41, 5.74) is 0.272. The summed E-state index contributed by atoms with van der Waals surface area (Å²) < 4.78 is 5.12. The number of non-ortho nitro benzene ring substituents is 1. The molecular weight excluding hydrogens is 301 g/mol. The van der Waals surface area contributed by atoms with Gasteiger partial charge in [0.2, 0.25) is 4.73 Å². The molecule has 0 radical (unpaired) electrons. The van der Waals surface area contributed by atoms with E-state index in [1.54, 1.807) is 0 Å². The van der Waals surface area contributed by atoms with Crippen molar-refractivity contribution in [3.05, 3.63) is 38.1 Å². The van der Waals surface area contributed by atoms with Crippen molar-refractivity contribution in [1.82, 2.24) is 10.1 Å². The summed E-state index contributed by atoms with van der Waals surface area (Å²) in [6, 6.07) is 4.07. The predicted molar refractivity (Wildman–Crippen MR) is 59.1 cm³/mol. The van der Waals surface area contributed by atoms with E-state index in [1.165, 1.54) is 18.2 Å². The van der Waals surface area contributed by atoms with Crippen LogP contribution in [0.25, 0.3) is 11.5 Å². The molecule has 0 bridgehead atoms. The Balaban J connectivity index is 2.53. The summed E-state index contributed by atoms with van der Waals surface area (Å²) in [7, 11) is 0. The van der Waals surface area contributed by atoms with Gasteiger partial charge in [-0.05, 0) is 27.2 Å². The molecule has 1 aromatic carbocycles. The molecule has 0 amide bonds. The van der Waals surface area contributed by atoms with Gasteiger partial charge in [-0.2, -0.15) is 4.98 Å². The Labute approximate surface area is 102 Å². The maximum atomic E-state index is 10.6. The Kier molecular flexibility index (Phi) is 2.88. The highest BCUT2D eigenvalue weighted by molar-refractivity contribution is 9.10. The number of halogens is 2. The van der Waals surface area contributed by atoms with Crippen molar-refractivity contribution in [3.63, 3.8) is 0 Å². The van der Waals surface area contributed by atoms with E-state index in [-0.39, 0.29) is 21.3 Å². The molecular formula is C8H3BrClN3O3. The molecule has 1 heterocycles. The van der Waals surface area contributed by atoms with E-state index < -0.39 is 4.92 Å². The zero-order valence-corrected chi connectivity index (χ0v) is 9.90. The van der Waals surface area contributed by atoms with Crippen molar-refractivity contribution in [2.75, 3.05) is 0 Å². The van der Waals surface area contributed by atoms with Crippen molar-refractivity contribution in [1.29, 1.82) is 0 Å². The van der Waals surface area contributed by atoms with Crippen molar-refractivity contribution < 1.29 is 9.45 Å². The van der Waals surface area contributed by atoms with Gasteiger partial charge in [0.1, 0.15) is 0 Å². The minimum Gasteiger partial charge on any atom is -0.333 e. The smallest absolute Gasteiger partial charge is 0.271 e. The molecule has 0 atom stereocenters. The molecule has 0 saturated heterocycles. The molecule has 6 nitrogen and oxygen atoms in total. The first-order chi connectivity index (χ1) is 7.56. The van der Waals surface area contributed by atoms with Gasteiger partial charge in [-0.3, -0.25) is 10.1 Å². The Morgan fingerprint density at radius 1 is 1.44 bits per heavy atom. The van der Waals surface area contributed by atoms with Crippen LogP contribution in [-0.4, -0.2) is 15.1 Å². The van der Waals surface area contributed by atoms with Crippen LogP contribution in [0.5, 0.6) is 0 Å². The molecule has 0 aliphatic heterocycles. The SMILES string of the molecule is O=[N+]([O-])c1cc(Cl)cc(-c2nc(Br)no2)c1. The molecule has 0 aliphatic rings.